The van der Waals surface area contributed by atoms with Gasteiger partial charge in [0.2, 0.25) is 11.9 Å². The molecule has 0 bridgehead atoms. The molecule has 160 valence electrons. The molecule has 1 aromatic rings. The number of carbonyl (C=O) groups excluding carboxylic acids is 2. The van der Waals surface area contributed by atoms with Gasteiger partial charge in [0.15, 0.2) is 0 Å². The van der Waals surface area contributed by atoms with Gasteiger partial charge in [0.1, 0.15) is 11.6 Å². The molecule has 1 N–H and O–H groups in total. The Labute approximate surface area is 173 Å². The van der Waals surface area contributed by atoms with Crippen molar-refractivity contribution in [3.05, 3.63) is 18.5 Å². The molecule has 0 spiro atoms. The molecule has 0 saturated carbocycles. The van der Waals surface area contributed by atoms with Gasteiger partial charge in [-0.25, -0.2) is 14.8 Å². The molecule has 0 aliphatic carbocycles. The first kappa shape index (κ1) is 21.3. The zero-order valence-corrected chi connectivity index (χ0v) is 17.8. The van der Waals surface area contributed by atoms with E-state index in [2.05, 4.69) is 20.2 Å². The van der Waals surface area contributed by atoms with Gasteiger partial charge in [-0.3, -0.25) is 9.69 Å². The Bertz CT molecular complexity index is 683. The van der Waals surface area contributed by atoms with Gasteiger partial charge in [-0.2, -0.15) is 0 Å². The Morgan fingerprint density at radius 1 is 1.10 bits per heavy atom. The minimum atomic E-state index is -0.563. The van der Waals surface area contributed by atoms with Gasteiger partial charge in [0.25, 0.3) is 0 Å². The van der Waals surface area contributed by atoms with Crippen LogP contribution in [0.3, 0.4) is 0 Å². The molecular weight excluding hydrogens is 370 g/mol. The van der Waals surface area contributed by atoms with E-state index in [1.807, 2.05) is 26.8 Å². The number of piperidine rings is 2. The molecule has 0 aromatic carbocycles. The van der Waals surface area contributed by atoms with Crippen LogP contribution in [0.25, 0.3) is 0 Å². The number of hydrogen-bond donors (Lipinski definition) is 1. The van der Waals surface area contributed by atoms with Crippen molar-refractivity contribution in [2.75, 3.05) is 31.1 Å². The number of aromatic nitrogens is 2. The zero-order chi connectivity index (χ0) is 20.9. The monoisotopic (exact) mass is 403 g/mol. The third kappa shape index (κ3) is 6.05. The van der Waals surface area contributed by atoms with Crippen molar-refractivity contribution in [1.29, 1.82) is 0 Å². The summed E-state index contributed by atoms with van der Waals surface area (Å²) in [4.78, 5) is 37.7. The molecule has 2 saturated heterocycles. The van der Waals surface area contributed by atoms with Crippen molar-refractivity contribution < 1.29 is 14.3 Å². The molecule has 3 heterocycles. The van der Waals surface area contributed by atoms with Crippen molar-refractivity contribution in [2.45, 2.75) is 64.5 Å². The maximum absolute atomic E-state index is 12.8. The number of nitrogens with zero attached hydrogens (tertiary/aromatic N) is 4. The average Bonchev–Trinajstić information content (AvgIpc) is 2.72. The van der Waals surface area contributed by atoms with E-state index in [1.54, 1.807) is 17.3 Å². The molecule has 2 aliphatic rings. The summed E-state index contributed by atoms with van der Waals surface area (Å²) in [7, 11) is 0. The maximum atomic E-state index is 12.8. The molecule has 3 rings (SSSR count). The molecule has 2 fully saturated rings. The van der Waals surface area contributed by atoms with E-state index in [0.717, 1.165) is 44.7 Å². The molecule has 2 amide bonds. The van der Waals surface area contributed by atoms with E-state index in [4.69, 9.17) is 4.74 Å². The highest BCUT2D eigenvalue weighted by Gasteiger charge is 2.35. The molecule has 1 atom stereocenters. The quantitative estimate of drug-likeness (QED) is 0.831. The predicted octanol–water partition coefficient (Wildman–Crippen LogP) is 2.60. The van der Waals surface area contributed by atoms with Crippen LogP contribution in [0.1, 0.15) is 52.9 Å². The lowest BCUT2D eigenvalue weighted by molar-refractivity contribution is -0.127. The lowest BCUT2D eigenvalue weighted by Gasteiger charge is -2.36. The first-order valence-corrected chi connectivity index (χ1v) is 10.6. The third-order valence-corrected chi connectivity index (χ3v) is 5.45. The summed E-state index contributed by atoms with van der Waals surface area (Å²) >= 11 is 0. The van der Waals surface area contributed by atoms with Crippen molar-refractivity contribution in [1.82, 2.24) is 20.2 Å². The smallest absolute Gasteiger partial charge is 0.410 e. The molecule has 1 aromatic heterocycles. The van der Waals surface area contributed by atoms with Crippen LogP contribution < -0.4 is 10.2 Å². The number of anilines is 1. The molecule has 29 heavy (non-hydrogen) atoms. The number of hydrogen-bond acceptors (Lipinski definition) is 6. The summed E-state index contributed by atoms with van der Waals surface area (Å²) in [6, 6.07) is 1.38. The number of amides is 2. The van der Waals surface area contributed by atoms with Crippen LogP contribution >= 0.6 is 0 Å². The Balaban J connectivity index is 1.47. The SMILES string of the molecule is CC(C)(C)OC(=O)N1CCCC[C@H]1C(=O)NCC1CCN(c2ncccn2)CC1. The fourth-order valence-corrected chi connectivity index (χ4v) is 3.90. The maximum Gasteiger partial charge on any atom is 0.410 e. The summed E-state index contributed by atoms with van der Waals surface area (Å²) in [6.07, 6.45) is 7.64. The second kappa shape index (κ2) is 9.41. The van der Waals surface area contributed by atoms with E-state index < -0.39 is 17.7 Å². The number of rotatable bonds is 4. The molecule has 0 unspecified atom stereocenters. The average molecular weight is 404 g/mol. The number of likely N-dealkylation sites (tertiary alicyclic amines) is 1. The van der Waals surface area contributed by atoms with E-state index in [1.165, 1.54) is 0 Å². The normalized spacial score (nSPS) is 21.0. The largest absolute Gasteiger partial charge is 0.444 e. The Morgan fingerprint density at radius 2 is 1.79 bits per heavy atom. The Hall–Kier alpha value is -2.38. The second-order valence-electron chi connectivity index (χ2n) is 8.91. The number of ether oxygens (including phenoxy) is 1. The molecule has 8 nitrogen and oxygen atoms in total. The third-order valence-electron chi connectivity index (χ3n) is 5.45. The van der Waals surface area contributed by atoms with Gasteiger partial charge < -0.3 is 15.0 Å². The van der Waals surface area contributed by atoms with Crippen molar-refractivity contribution in [2.24, 2.45) is 5.92 Å². The van der Waals surface area contributed by atoms with Crippen LogP contribution in [-0.2, 0) is 9.53 Å². The van der Waals surface area contributed by atoms with E-state index in [-0.39, 0.29) is 5.91 Å². The van der Waals surface area contributed by atoms with Crippen LogP contribution in [0.4, 0.5) is 10.7 Å². The number of carbonyl (C=O) groups is 2. The topological polar surface area (TPSA) is 87.7 Å². The zero-order valence-electron chi connectivity index (χ0n) is 17.8. The van der Waals surface area contributed by atoms with Crippen LogP contribution in [0.5, 0.6) is 0 Å². The summed E-state index contributed by atoms with van der Waals surface area (Å²) in [5, 5.41) is 3.09. The first-order chi connectivity index (χ1) is 13.8. The van der Waals surface area contributed by atoms with E-state index in [0.29, 0.717) is 25.4 Å². The second-order valence-corrected chi connectivity index (χ2v) is 8.91. The van der Waals surface area contributed by atoms with Crippen LogP contribution in [0.2, 0.25) is 0 Å². The molecule has 2 aliphatic heterocycles. The standard InChI is InChI=1S/C21H33N5O3/c1-21(2,3)29-20(28)26-12-5-4-7-17(26)18(27)24-15-16-8-13-25(14-9-16)19-22-10-6-11-23-19/h6,10-11,16-17H,4-5,7-9,12-15H2,1-3H3,(H,24,27)/t17-/m0/s1. The van der Waals surface area contributed by atoms with Crippen molar-refractivity contribution in [3.63, 3.8) is 0 Å². The predicted molar refractivity (Wildman–Crippen MR) is 111 cm³/mol. The molecule has 0 radical (unpaired) electrons. The lowest BCUT2D eigenvalue weighted by atomic mass is 9.96. The van der Waals surface area contributed by atoms with Gasteiger partial charge in [-0.05, 0) is 64.9 Å². The highest BCUT2D eigenvalue weighted by molar-refractivity contribution is 5.85. The summed E-state index contributed by atoms with van der Waals surface area (Å²) < 4.78 is 5.50. The number of nitrogens with one attached hydrogen (secondary N) is 1. The summed E-state index contributed by atoms with van der Waals surface area (Å²) in [5.74, 6) is 1.13. The van der Waals surface area contributed by atoms with Gasteiger partial charge in [-0.15, -0.1) is 0 Å². The van der Waals surface area contributed by atoms with E-state index >= 15 is 0 Å². The van der Waals surface area contributed by atoms with Crippen molar-refractivity contribution in [3.8, 4) is 0 Å². The lowest BCUT2D eigenvalue weighted by Crippen LogP contribution is -2.53. The Kier molecular flexibility index (Phi) is 6.92. The van der Waals surface area contributed by atoms with Crippen molar-refractivity contribution >= 4 is 17.9 Å². The minimum Gasteiger partial charge on any atom is -0.444 e. The van der Waals surface area contributed by atoms with Gasteiger partial charge in [0.05, 0.1) is 0 Å². The van der Waals surface area contributed by atoms with Gasteiger partial charge in [-0.1, -0.05) is 0 Å². The highest BCUT2D eigenvalue weighted by atomic mass is 16.6. The molecular formula is C21H33N5O3. The fourth-order valence-electron chi connectivity index (χ4n) is 3.90. The van der Waals surface area contributed by atoms with Crippen LogP contribution in [0, 0.1) is 5.92 Å². The first-order valence-electron chi connectivity index (χ1n) is 10.6. The highest BCUT2D eigenvalue weighted by Crippen LogP contribution is 2.22. The minimum absolute atomic E-state index is 0.0654. The van der Waals surface area contributed by atoms with Gasteiger partial charge in [0, 0.05) is 38.6 Å². The summed E-state index contributed by atoms with van der Waals surface area (Å²) in [6.45, 7) is 8.52. The molecule has 8 heteroatoms. The van der Waals surface area contributed by atoms with Crippen LogP contribution in [-0.4, -0.2) is 64.7 Å². The van der Waals surface area contributed by atoms with E-state index in [9.17, 15) is 9.59 Å². The Morgan fingerprint density at radius 3 is 2.45 bits per heavy atom. The summed E-state index contributed by atoms with van der Waals surface area (Å²) in [5.41, 5.74) is -0.563. The van der Waals surface area contributed by atoms with Gasteiger partial charge >= 0.3 is 6.09 Å². The van der Waals surface area contributed by atoms with Crippen LogP contribution in [0.15, 0.2) is 18.5 Å². The fraction of sp³-hybridized carbons (Fsp3) is 0.714.